The number of carbonyl (C=O) groups is 3. The summed E-state index contributed by atoms with van der Waals surface area (Å²) in [7, 11) is 0. The Balaban J connectivity index is 1.44. The summed E-state index contributed by atoms with van der Waals surface area (Å²) in [6.45, 7) is 1.74. The average molecular weight is 585 g/mol. The number of halogens is 1. The highest BCUT2D eigenvalue weighted by molar-refractivity contribution is 8.00. The van der Waals surface area contributed by atoms with Gasteiger partial charge in [0.05, 0.1) is 10.2 Å². The number of nitro benzene ring substituents is 1. The van der Waals surface area contributed by atoms with E-state index in [-0.39, 0.29) is 17.3 Å². The van der Waals surface area contributed by atoms with E-state index in [2.05, 4.69) is 16.0 Å². The maximum atomic E-state index is 13.2. The third-order valence-electron chi connectivity index (χ3n) is 5.85. The van der Waals surface area contributed by atoms with Crippen LogP contribution in [0.5, 0.6) is 0 Å². The van der Waals surface area contributed by atoms with Crippen molar-refractivity contribution in [3.63, 3.8) is 0 Å². The second kappa shape index (κ2) is 13.9. The Morgan fingerprint density at radius 1 is 0.833 bits per heavy atom. The largest absolute Gasteiger partial charge is 0.325 e. The van der Waals surface area contributed by atoms with Gasteiger partial charge in [0, 0.05) is 34.0 Å². The van der Waals surface area contributed by atoms with Gasteiger partial charge in [-0.2, -0.15) is 0 Å². The Hall–Kier alpha value is -5.29. The van der Waals surface area contributed by atoms with Gasteiger partial charge in [0.1, 0.15) is 11.5 Å². The molecule has 212 valence electrons. The van der Waals surface area contributed by atoms with Gasteiger partial charge < -0.3 is 16.0 Å². The van der Waals surface area contributed by atoms with Crippen LogP contribution in [-0.2, 0) is 9.59 Å². The molecule has 0 aliphatic heterocycles. The van der Waals surface area contributed by atoms with Gasteiger partial charge in [-0.3, -0.25) is 24.5 Å². The lowest BCUT2D eigenvalue weighted by Crippen LogP contribution is -2.30. The molecule has 11 heteroatoms. The third-order valence-corrected chi connectivity index (χ3v) is 6.96. The second-order valence-corrected chi connectivity index (χ2v) is 10.4. The first-order valence-corrected chi connectivity index (χ1v) is 13.5. The van der Waals surface area contributed by atoms with Crippen molar-refractivity contribution in [2.24, 2.45) is 0 Å². The van der Waals surface area contributed by atoms with E-state index in [0.717, 1.165) is 4.90 Å². The third kappa shape index (κ3) is 8.35. The molecule has 9 nitrogen and oxygen atoms in total. The summed E-state index contributed by atoms with van der Waals surface area (Å²) in [6, 6.07) is 26.2. The maximum absolute atomic E-state index is 13.2. The zero-order valence-electron chi connectivity index (χ0n) is 22.2. The van der Waals surface area contributed by atoms with Crippen molar-refractivity contribution in [2.45, 2.75) is 17.1 Å². The summed E-state index contributed by atoms with van der Waals surface area (Å²) < 4.78 is 13.1. The molecule has 3 amide bonds. The number of nitro groups is 1. The summed E-state index contributed by atoms with van der Waals surface area (Å²) >= 11 is 1.30. The summed E-state index contributed by atoms with van der Waals surface area (Å²) in [5, 5.41) is 18.6. The van der Waals surface area contributed by atoms with Crippen LogP contribution < -0.4 is 16.0 Å². The molecule has 0 fully saturated rings. The van der Waals surface area contributed by atoms with E-state index in [4.69, 9.17) is 0 Å². The molecule has 0 saturated carbocycles. The molecule has 1 atom stereocenters. The predicted molar refractivity (Wildman–Crippen MR) is 160 cm³/mol. The molecule has 0 aliphatic rings. The lowest BCUT2D eigenvalue weighted by atomic mass is 10.1. The molecule has 0 aliphatic carbocycles. The highest BCUT2D eigenvalue weighted by Crippen LogP contribution is 2.26. The summed E-state index contributed by atoms with van der Waals surface area (Å²) in [5.74, 6) is -1.75. The number of carbonyl (C=O) groups excluding carboxylic acids is 3. The van der Waals surface area contributed by atoms with Crippen LogP contribution in [0.3, 0.4) is 0 Å². The number of amides is 3. The van der Waals surface area contributed by atoms with Gasteiger partial charge in [0.15, 0.2) is 0 Å². The van der Waals surface area contributed by atoms with Crippen molar-refractivity contribution in [3.8, 4) is 0 Å². The SMILES string of the molecule is CC(Sc1ccc(NC(=O)/C(=C/c2ccc([N+](=O)[O-])cc2)NC(=O)c2ccccc2)cc1)C(=O)Nc1ccc(F)cc1. The summed E-state index contributed by atoms with van der Waals surface area (Å²) in [4.78, 5) is 49.8. The van der Waals surface area contributed by atoms with Crippen LogP contribution in [-0.4, -0.2) is 27.9 Å². The molecule has 4 aromatic rings. The molecule has 4 rings (SSSR count). The first kappa shape index (κ1) is 29.7. The fraction of sp³-hybridized carbons (Fsp3) is 0.0645. The molecule has 0 saturated heterocycles. The van der Waals surface area contributed by atoms with E-state index in [9.17, 15) is 28.9 Å². The first-order valence-electron chi connectivity index (χ1n) is 12.6. The van der Waals surface area contributed by atoms with E-state index < -0.39 is 27.8 Å². The number of non-ortho nitro benzene ring substituents is 1. The molecule has 0 heterocycles. The van der Waals surface area contributed by atoms with Gasteiger partial charge in [0.2, 0.25) is 5.91 Å². The van der Waals surface area contributed by atoms with Gasteiger partial charge in [-0.1, -0.05) is 18.2 Å². The van der Waals surface area contributed by atoms with Crippen molar-refractivity contribution in [2.75, 3.05) is 10.6 Å². The molecule has 0 radical (unpaired) electrons. The normalized spacial score (nSPS) is 11.7. The molecule has 1 unspecified atom stereocenters. The zero-order valence-corrected chi connectivity index (χ0v) is 23.1. The van der Waals surface area contributed by atoms with E-state index in [1.807, 2.05) is 0 Å². The number of nitrogens with one attached hydrogen (secondary N) is 3. The highest BCUT2D eigenvalue weighted by atomic mass is 32.2. The number of nitrogens with zero attached hydrogens (tertiary/aromatic N) is 1. The molecule has 0 aromatic heterocycles. The van der Waals surface area contributed by atoms with Gasteiger partial charge in [-0.25, -0.2) is 4.39 Å². The molecule has 0 spiro atoms. The van der Waals surface area contributed by atoms with Gasteiger partial charge in [0.25, 0.3) is 17.5 Å². The first-order chi connectivity index (χ1) is 20.2. The van der Waals surface area contributed by atoms with Crippen LogP contribution in [0.25, 0.3) is 6.08 Å². The number of thioether (sulfide) groups is 1. The minimum atomic E-state index is -0.606. The maximum Gasteiger partial charge on any atom is 0.272 e. The van der Waals surface area contributed by atoms with E-state index in [1.54, 1.807) is 61.5 Å². The van der Waals surface area contributed by atoms with Crippen molar-refractivity contribution in [1.82, 2.24) is 5.32 Å². The highest BCUT2D eigenvalue weighted by Gasteiger charge is 2.17. The van der Waals surface area contributed by atoms with E-state index in [0.29, 0.717) is 22.5 Å². The minimum Gasteiger partial charge on any atom is -0.325 e. The second-order valence-electron chi connectivity index (χ2n) is 8.96. The fourth-order valence-corrected chi connectivity index (χ4v) is 4.52. The average Bonchev–Trinajstić information content (AvgIpc) is 2.99. The van der Waals surface area contributed by atoms with Gasteiger partial charge >= 0.3 is 0 Å². The van der Waals surface area contributed by atoms with Gasteiger partial charge in [-0.15, -0.1) is 11.8 Å². The van der Waals surface area contributed by atoms with Crippen LogP contribution in [0.2, 0.25) is 0 Å². The summed E-state index contributed by atoms with van der Waals surface area (Å²) in [6.07, 6.45) is 1.42. The van der Waals surface area contributed by atoms with E-state index >= 15 is 0 Å². The molecule has 4 aromatic carbocycles. The zero-order chi connectivity index (χ0) is 30.1. The Morgan fingerprint density at radius 2 is 1.43 bits per heavy atom. The molecule has 3 N–H and O–H groups in total. The van der Waals surface area contributed by atoms with Crippen molar-refractivity contribution >= 4 is 52.6 Å². The van der Waals surface area contributed by atoms with E-state index in [1.165, 1.54) is 66.4 Å². The smallest absolute Gasteiger partial charge is 0.272 e. The Morgan fingerprint density at radius 3 is 2.05 bits per heavy atom. The lowest BCUT2D eigenvalue weighted by molar-refractivity contribution is -0.384. The Bertz CT molecular complexity index is 1610. The van der Waals surface area contributed by atoms with Crippen LogP contribution >= 0.6 is 11.8 Å². The number of anilines is 2. The monoisotopic (exact) mass is 584 g/mol. The van der Waals surface area contributed by atoms with Crippen LogP contribution in [0.15, 0.2) is 114 Å². The quantitative estimate of drug-likeness (QED) is 0.0873. The van der Waals surface area contributed by atoms with Crippen LogP contribution in [0.1, 0.15) is 22.8 Å². The predicted octanol–water partition coefficient (Wildman–Crippen LogP) is 6.26. The Kier molecular flexibility index (Phi) is 9.80. The fourth-order valence-electron chi connectivity index (χ4n) is 3.65. The molecular weight excluding hydrogens is 559 g/mol. The topological polar surface area (TPSA) is 130 Å². The molecule has 42 heavy (non-hydrogen) atoms. The summed E-state index contributed by atoms with van der Waals surface area (Å²) in [5.41, 5.74) is 1.58. The number of hydrogen-bond acceptors (Lipinski definition) is 6. The van der Waals surface area contributed by atoms with Crippen molar-refractivity contribution < 1.29 is 23.7 Å². The van der Waals surface area contributed by atoms with Crippen molar-refractivity contribution in [1.29, 1.82) is 0 Å². The molecule has 0 bridgehead atoms. The number of hydrogen-bond donors (Lipinski definition) is 3. The van der Waals surface area contributed by atoms with Gasteiger partial charge in [-0.05, 0) is 91.4 Å². The lowest BCUT2D eigenvalue weighted by Gasteiger charge is -2.13. The standard InChI is InChI=1S/C31H25FN4O5S/c1-20(29(37)33-24-11-9-23(32)10-12-24)42-27-17-13-25(14-18-27)34-31(39)28(35-30(38)22-5-3-2-4-6-22)19-21-7-15-26(16-8-21)36(40)41/h2-20H,1H3,(H,33,37)(H,34,39)(H,35,38)/b28-19-. The minimum absolute atomic E-state index is 0.0674. The van der Waals surface area contributed by atoms with Crippen LogP contribution in [0, 0.1) is 15.9 Å². The Labute approximate surface area is 245 Å². The van der Waals surface area contributed by atoms with Crippen molar-refractivity contribution in [3.05, 3.63) is 136 Å². The number of benzene rings is 4. The van der Waals surface area contributed by atoms with Crippen LogP contribution in [0.4, 0.5) is 21.5 Å². The number of rotatable bonds is 10. The molecular formula is C31H25FN4O5S.